The second-order valence-corrected chi connectivity index (χ2v) is 6.53. The van der Waals surface area contributed by atoms with E-state index in [1.165, 1.54) is 0 Å². The van der Waals surface area contributed by atoms with Crippen molar-refractivity contribution >= 4 is 47.3 Å². The summed E-state index contributed by atoms with van der Waals surface area (Å²) in [4.78, 5) is 24.1. The fourth-order valence-corrected chi connectivity index (χ4v) is 2.35. The minimum atomic E-state index is -0.363. The Balaban J connectivity index is 0.00000364. The van der Waals surface area contributed by atoms with Gasteiger partial charge in [0, 0.05) is 18.3 Å². The second-order valence-electron chi connectivity index (χ2n) is 6.12. The lowest BCUT2D eigenvalue weighted by Gasteiger charge is -2.16. The molecule has 6 nitrogen and oxygen atoms in total. The third kappa shape index (κ3) is 7.09. The van der Waals surface area contributed by atoms with Gasteiger partial charge in [0.1, 0.15) is 0 Å². The highest BCUT2D eigenvalue weighted by atomic mass is 35.5. The maximum atomic E-state index is 12.1. The van der Waals surface area contributed by atoms with E-state index in [4.69, 9.17) is 17.3 Å². The molecule has 2 unspecified atom stereocenters. The number of halogens is 2. The van der Waals surface area contributed by atoms with Crippen LogP contribution in [0.2, 0.25) is 5.02 Å². The Bertz CT molecular complexity index is 784. The van der Waals surface area contributed by atoms with Gasteiger partial charge in [0.25, 0.3) is 0 Å². The standard InChI is InChI=1S/C19H23ClN4O2.ClH/c1-12(13(2)21)18(25)23-15-7-5-6-14(10-15)11-22-19(26)24-17-9-4-3-8-16(17)20;/h3-10,12-13H,11,21H2,1-2H3,(H,23,25)(H2,22,24,26);1H. The number of anilines is 2. The van der Waals surface area contributed by atoms with E-state index in [1.54, 1.807) is 44.2 Å². The average Bonchev–Trinajstić information content (AvgIpc) is 2.61. The topological polar surface area (TPSA) is 96.2 Å². The maximum Gasteiger partial charge on any atom is 0.319 e. The molecule has 0 aliphatic carbocycles. The number of rotatable bonds is 6. The first-order valence-electron chi connectivity index (χ1n) is 8.31. The molecule has 8 heteroatoms. The van der Waals surface area contributed by atoms with Crippen LogP contribution in [0.4, 0.5) is 16.2 Å². The molecule has 0 saturated heterocycles. The van der Waals surface area contributed by atoms with Gasteiger partial charge in [-0.05, 0) is 36.8 Å². The van der Waals surface area contributed by atoms with Gasteiger partial charge in [0.05, 0.1) is 16.6 Å². The van der Waals surface area contributed by atoms with Crippen molar-refractivity contribution in [3.8, 4) is 0 Å². The Labute approximate surface area is 170 Å². The molecule has 0 saturated carbocycles. The van der Waals surface area contributed by atoms with E-state index in [-0.39, 0.29) is 36.3 Å². The largest absolute Gasteiger partial charge is 0.334 e. The predicted molar refractivity (Wildman–Crippen MR) is 112 cm³/mol. The second kappa shape index (κ2) is 10.8. The van der Waals surface area contributed by atoms with Gasteiger partial charge in [-0.25, -0.2) is 4.79 Å². The van der Waals surface area contributed by atoms with Crippen molar-refractivity contribution in [2.24, 2.45) is 11.7 Å². The van der Waals surface area contributed by atoms with Crippen LogP contribution in [0.5, 0.6) is 0 Å². The monoisotopic (exact) mass is 410 g/mol. The molecular formula is C19H24Cl2N4O2. The zero-order valence-corrected chi connectivity index (χ0v) is 16.7. The molecule has 2 atom stereocenters. The molecule has 2 rings (SSSR count). The number of benzene rings is 2. The zero-order valence-electron chi connectivity index (χ0n) is 15.2. The summed E-state index contributed by atoms with van der Waals surface area (Å²) < 4.78 is 0. The Kier molecular flexibility index (Phi) is 9.08. The van der Waals surface area contributed by atoms with Gasteiger partial charge in [-0.2, -0.15) is 0 Å². The molecule has 2 aromatic rings. The molecular weight excluding hydrogens is 387 g/mol. The van der Waals surface area contributed by atoms with E-state index in [0.717, 1.165) is 5.56 Å². The van der Waals surface area contributed by atoms with Crippen LogP contribution in [0, 0.1) is 5.92 Å². The molecule has 3 amide bonds. The van der Waals surface area contributed by atoms with Gasteiger partial charge in [0.2, 0.25) is 5.91 Å². The minimum absolute atomic E-state index is 0. The Morgan fingerprint density at radius 2 is 1.78 bits per heavy atom. The van der Waals surface area contributed by atoms with Crippen molar-refractivity contribution in [3.05, 3.63) is 59.1 Å². The van der Waals surface area contributed by atoms with Crippen LogP contribution in [0.15, 0.2) is 48.5 Å². The summed E-state index contributed by atoms with van der Waals surface area (Å²) in [5.74, 6) is -0.431. The summed E-state index contributed by atoms with van der Waals surface area (Å²) in [5.41, 5.74) is 7.80. The van der Waals surface area contributed by atoms with Crippen LogP contribution < -0.4 is 21.7 Å². The lowest BCUT2D eigenvalue weighted by atomic mass is 10.0. The normalized spacial score (nSPS) is 12.3. The van der Waals surface area contributed by atoms with Crippen molar-refractivity contribution in [3.63, 3.8) is 0 Å². The third-order valence-corrected chi connectivity index (χ3v) is 4.30. The highest BCUT2D eigenvalue weighted by Crippen LogP contribution is 2.20. The number of carbonyl (C=O) groups is 2. The first kappa shape index (κ1) is 22.8. The van der Waals surface area contributed by atoms with E-state index in [0.29, 0.717) is 22.9 Å². The molecule has 0 spiro atoms. The Hall–Kier alpha value is -2.28. The van der Waals surface area contributed by atoms with E-state index in [1.807, 2.05) is 18.2 Å². The van der Waals surface area contributed by atoms with Crippen LogP contribution >= 0.6 is 24.0 Å². The van der Waals surface area contributed by atoms with E-state index in [2.05, 4.69) is 16.0 Å². The van der Waals surface area contributed by atoms with Gasteiger partial charge in [-0.3, -0.25) is 4.79 Å². The summed E-state index contributed by atoms with van der Waals surface area (Å²) in [6.45, 7) is 3.88. The maximum absolute atomic E-state index is 12.1. The van der Waals surface area contributed by atoms with Gasteiger partial charge >= 0.3 is 6.03 Å². The van der Waals surface area contributed by atoms with Crippen molar-refractivity contribution in [2.45, 2.75) is 26.4 Å². The fourth-order valence-electron chi connectivity index (χ4n) is 2.17. The highest BCUT2D eigenvalue weighted by molar-refractivity contribution is 6.33. The summed E-state index contributed by atoms with van der Waals surface area (Å²) >= 11 is 6.01. The first-order valence-corrected chi connectivity index (χ1v) is 8.69. The van der Waals surface area contributed by atoms with Gasteiger partial charge in [-0.15, -0.1) is 12.4 Å². The van der Waals surface area contributed by atoms with Crippen LogP contribution in [0.3, 0.4) is 0 Å². The van der Waals surface area contributed by atoms with Crippen LogP contribution in [-0.4, -0.2) is 18.0 Å². The molecule has 146 valence electrons. The summed E-state index contributed by atoms with van der Waals surface area (Å²) in [6.07, 6.45) is 0. The highest BCUT2D eigenvalue weighted by Gasteiger charge is 2.17. The number of carbonyl (C=O) groups excluding carboxylic acids is 2. The number of nitrogens with two attached hydrogens (primary N) is 1. The number of para-hydroxylation sites is 1. The summed E-state index contributed by atoms with van der Waals surface area (Å²) in [6, 6.07) is 13.7. The van der Waals surface area contributed by atoms with Gasteiger partial charge < -0.3 is 21.7 Å². The molecule has 0 aliphatic heterocycles. The molecule has 0 fully saturated rings. The van der Waals surface area contributed by atoms with Crippen molar-refractivity contribution < 1.29 is 9.59 Å². The minimum Gasteiger partial charge on any atom is -0.334 e. The molecule has 0 aliphatic rings. The number of hydrogen-bond acceptors (Lipinski definition) is 3. The molecule has 27 heavy (non-hydrogen) atoms. The van der Waals surface area contributed by atoms with E-state index >= 15 is 0 Å². The van der Waals surface area contributed by atoms with Crippen molar-refractivity contribution in [1.29, 1.82) is 0 Å². The lowest BCUT2D eigenvalue weighted by Crippen LogP contribution is -2.34. The number of nitrogens with one attached hydrogen (secondary N) is 3. The molecule has 0 aromatic heterocycles. The lowest BCUT2D eigenvalue weighted by molar-refractivity contribution is -0.119. The molecule has 2 aromatic carbocycles. The molecule has 5 N–H and O–H groups in total. The fraction of sp³-hybridized carbons (Fsp3) is 0.263. The smallest absolute Gasteiger partial charge is 0.319 e. The molecule has 0 radical (unpaired) electrons. The molecule has 0 heterocycles. The van der Waals surface area contributed by atoms with Crippen LogP contribution in [0.25, 0.3) is 0 Å². The van der Waals surface area contributed by atoms with Crippen molar-refractivity contribution in [1.82, 2.24) is 5.32 Å². The first-order chi connectivity index (χ1) is 12.4. The Morgan fingerprint density at radius 3 is 2.44 bits per heavy atom. The summed E-state index contributed by atoms with van der Waals surface area (Å²) in [7, 11) is 0. The van der Waals surface area contributed by atoms with Gasteiger partial charge in [0.15, 0.2) is 0 Å². The van der Waals surface area contributed by atoms with Gasteiger partial charge in [-0.1, -0.05) is 42.8 Å². The van der Waals surface area contributed by atoms with E-state index in [9.17, 15) is 9.59 Å². The van der Waals surface area contributed by atoms with E-state index < -0.39 is 0 Å². The zero-order chi connectivity index (χ0) is 19.1. The number of hydrogen-bond donors (Lipinski definition) is 4. The van der Waals surface area contributed by atoms with Crippen LogP contribution in [-0.2, 0) is 11.3 Å². The third-order valence-electron chi connectivity index (χ3n) is 3.97. The Morgan fingerprint density at radius 1 is 1.07 bits per heavy atom. The molecule has 0 bridgehead atoms. The van der Waals surface area contributed by atoms with Crippen molar-refractivity contribution in [2.75, 3.05) is 10.6 Å². The van der Waals surface area contributed by atoms with Crippen LogP contribution in [0.1, 0.15) is 19.4 Å². The predicted octanol–water partition coefficient (Wildman–Crippen LogP) is 4.01. The summed E-state index contributed by atoms with van der Waals surface area (Å²) in [5, 5.41) is 8.75. The number of urea groups is 1. The number of amides is 3. The quantitative estimate of drug-likeness (QED) is 0.579. The average molecular weight is 411 g/mol. The SMILES string of the molecule is CC(N)C(C)C(=O)Nc1cccc(CNC(=O)Nc2ccccc2Cl)c1.Cl.